The van der Waals surface area contributed by atoms with Gasteiger partial charge in [-0.3, -0.25) is 24.5 Å². The summed E-state index contributed by atoms with van der Waals surface area (Å²) in [5.74, 6) is -1.13. The Kier molecular flexibility index (Phi) is 8.99. The van der Waals surface area contributed by atoms with Gasteiger partial charge in [0.15, 0.2) is 5.78 Å². The summed E-state index contributed by atoms with van der Waals surface area (Å²) in [6, 6.07) is 30.3. The van der Waals surface area contributed by atoms with E-state index in [1.54, 1.807) is 60.7 Å². The molecule has 194 valence electrons. The predicted octanol–water partition coefficient (Wildman–Crippen LogP) is 5.98. The van der Waals surface area contributed by atoms with Crippen LogP contribution in [0.15, 0.2) is 120 Å². The number of ketones is 1. The number of hydrogen-bond donors (Lipinski definition) is 2. The highest BCUT2D eigenvalue weighted by Gasteiger charge is 2.16. The van der Waals surface area contributed by atoms with Crippen LogP contribution in [0.5, 0.6) is 0 Å². The average molecular weight is 538 g/mol. The largest absolute Gasteiger partial charge is 0.321 e. The van der Waals surface area contributed by atoms with E-state index in [1.165, 1.54) is 36.0 Å². The number of hydrogen-bond acceptors (Lipinski definition) is 6. The van der Waals surface area contributed by atoms with Gasteiger partial charge in [0.1, 0.15) is 5.70 Å². The molecular weight excluding hydrogens is 514 g/mol. The molecule has 0 saturated heterocycles. The van der Waals surface area contributed by atoms with Crippen molar-refractivity contribution in [2.24, 2.45) is 0 Å². The molecule has 0 spiro atoms. The van der Waals surface area contributed by atoms with E-state index >= 15 is 0 Å². The molecule has 4 rings (SSSR count). The molecule has 4 aromatic carbocycles. The smallest absolute Gasteiger partial charge is 0.272 e. The van der Waals surface area contributed by atoms with Crippen LogP contribution in [0.4, 0.5) is 11.4 Å². The zero-order valence-corrected chi connectivity index (χ0v) is 21.4. The lowest BCUT2D eigenvalue weighted by molar-refractivity contribution is -0.384. The standard InChI is InChI=1S/C30H23N3O5S/c34-28(23-13-7-15-25(18-23)33(37)38)20-39-26-16-8-14-24(19-26)31-30(36)27(17-21-9-3-1-4-10-21)32-29(35)22-11-5-2-6-12-22/h1-19H,20H2,(H,31,36)(H,32,35)/b27-17-. The van der Waals surface area contributed by atoms with Gasteiger partial charge in [-0.2, -0.15) is 0 Å². The fraction of sp³-hybridized carbons (Fsp3) is 0.0333. The van der Waals surface area contributed by atoms with E-state index in [2.05, 4.69) is 10.6 Å². The Labute approximate surface area is 228 Å². The maximum atomic E-state index is 13.2. The summed E-state index contributed by atoms with van der Waals surface area (Å²) in [5, 5.41) is 16.5. The van der Waals surface area contributed by atoms with Crippen molar-refractivity contribution >= 4 is 46.8 Å². The SMILES string of the molecule is O=C(Nc1cccc(SCC(=O)c2cccc([N+](=O)[O-])c2)c1)/C(=C/c1ccccc1)NC(=O)c1ccccc1. The number of amides is 2. The quantitative estimate of drug-likeness (QED) is 0.0845. The first kappa shape index (κ1) is 27.0. The monoisotopic (exact) mass is 537 g/mol. The van der Waals surface area contributed by atoms with Gasteiger partial charge in [0, 0.05) is 33.8 Å². The van der Waals surface area contributed by atoms with Crippen molar-refractivity contribution in [3.63, 3.8) is 0 Å². The molecule has 8 nitrogen and oxygen atoms in total. The molecule has 0 heterocycles. The molecule has 0 aromatic heterocycles. The first-order chi connectivity index (χ1) is 18.9. The van der Waals surface area contributed by atoms with Crippen LogP contribution in [0.2, 0.25) is 0 Å². The Morgan fingerprint density at radius 1 is 0.795 bits per heavy atom. The van der Waals surface area contributed by atoms with Crippen molar-refractivity contribution in [3.8, 4) is 0 Å². The minimum atomic E-state index is -0.543. The Morgan fingerprint density at radius 3 is 2.18 bits per heavy atom. The van der Waals surface area contributed by atoms with Crippen LogP contribution in [-0.4, -0.2) is 28.3 Å². The van der Waals surface area contributed by atoms with Crippen molar-refractivity contribution in [2.45, 2.75) is 4.90 Å². The van der Waals surface area contributed by atoms with Gasteiger partial charge in [0.2, 0.25) is 0 Å². The first-order valence-corrected chi connectivity index (χ1v) is 12.8. The summed E-state index contributed by atoms with van der Waals surface area (Å²) in [6.45, 7) is 0. The van der Waals surface area contributed by atoms with E-state index < -0.39 is 16.7 Å². The van der Waals surface area contributed by atoms with Gasteiger partial charge in [-0.25, -0.2) is 0 Å². The van der Waals surface area contributed by atoms with Gasteiger partial charge in [-0.05, 0) is 42.0 Å². The molecule has 0 aliphatic carbocycles. The van der Waals surface area contributed by atoms with Gasteiger partial charge in [0.25, 0.3) is 17.5 Å². The lowest BCUT2D eigenvalue weighted by Crippen LogP contribution is -2.30. The highest BCUT2D eigenvalue weighted by Crippen LogP contribution is 2.24. The fourth-order valence-electron chi connectivity index (χ4n) is 3.55. The maximum Gasteiger partial charge on any atom is 0.272 e. The molecule has 0 saturated carbocycles. The predicted molar refractivity (Wildman–Crippen MR) is 152 cm³/mol. The number of carbonyl (C=O) groups excluding carboxylic acids is 3. The topological polar surface area (TPSA) is 118 Å². The zero-order valence-electron chi connectivity index (χ0n) is 20.6. The number of Topliss-reactive ketones (excluding diaryl/α,β-unsaturated/α-hetero) is 1. The molecule has 0 fully saturated rings. The minimum Gasteiger partial charge on any atom is -0.321 e. The van der Waals surface area contributed by atoms with Gasteiger partial charge in [-0.15, -0.1) is 11.8 Å². The Morgan fingerprint density at radius 2 is 1.46 bits per heavy atom. The molecule has 4 aromatic rings. The van der Waals surface area contributed by atoms with Gasteiger partial charge < -0.3 is 10.6 Å². The molecule has 2 N–H and O–H groups in total. The Balaban J connectivity index is 1.46. The lowest BCUT2D eigenvalue weighted by Gasteiger charge is -2.12. The molecule has 0 atom stereocenters. The summed E-state index contributed by atoms with van der Waals surface area (Å²) in [7, 11) is 0. The fourth-order valence-corrected chi connectivity index (χ4v) is 4.40. The number of carbonyl (C=O) groups is 3. The number of non-ortho nitro benzene ring substituents is 1. The van der Waals surface area contributed by atoms with Crippen molar-refractivity contribution < 1.29 is 19.3 Å². The molecule has 39 heavy (non-hydrogen) atoms. The Bertz CT molecular complexity index is 1540. The van der Waals surface area contributed by atoms with Crippen LogP contribution in [0, 0.1) is 10.1 Å². The van der Waals surface area contributed by atoms with Crippen LogP contribution in [0.25, 0.3) is 6.08 Å². The van der Waals surface area contributed by atoms with Crippen LogP contribution in [0.3, 0.4) is 0 Å². The highest BCUT2D eigenvalue weighted by atomic mass is 32.2. The van der Waals surface area contributed by atoms with Crippen molar-refractivity contribution in [1.29, 1.82) is 0 Å². The maximum absolute atomic E-state index is 13.2. The molecule has 2 amide bonds. The third-order valence-electron chi connectivity index (χ3n) is 5.48. The van der Waals surface area contributed by atoms with Crippen molar-refractivity contribution in [3.05, 3.63) is 142 Å². The van der Waals surface area contributed by atoms with Crippen molar-refractivity contribution in [2.75, 3.05) is 11.1 Å². The number of nitro benzene ring substituents is 1. The summed E-state index contributed by atoms with van der Waals surface area (Å²) in [6.07, 6.45) is 1.59. The summed E-state index contributed by atoms with van der Waals surface area (Å²) >= 11 is 1.24. The minimum absolute atomic E-state index is 0.0604. The van der Waals surface area contributed by atoms with Crippen molar-refractivity contribution in [1.82, 2.24) is 5.32 Å². The molecule has 9 heteroatoms. The summed E-state index contributed by atoms with van der Waals surface area (Å²) in [4.78, 5) is 49.7. The molecule has 0 bridgehead atoms. The number of nitrogens with one attached hydrogen (secondary N) is 2. The third-order valence-corrected chi connectivity index (χ3v) is 6.47. The number of anilines is 1. The zero-order chi connectivity index (χ0) is 27.6. The second-order valence-electron chi connectivity index (χ2n) is 8.29. The number of nitrogens with zero attached hydrogens (tertiary/aromatic N) is 1. The van der Waals surface area contributed by atoms with Crippen LogP contribution in [0.1, 0.15) is 26.3 Å². The normalized spacial score (nSPS) is 10.9. The van der Waals surface area contributed by atoms with E-state index in [4.69, 9.17) is 0 Å². The summed E-state index contributed by atoms with van der Waals surface area (Å²) < 4.78 is 0. The molecule has 0 radical (unpaired) electrons. The average Bonchev–Trinajstić information content (AvgIpc) is 2.96. The first-order valence-electron chi connectivity index (χ1n) is 11.8. The second-order valence-corrected chi connectivity index (χ2v) is 9.34. The van der Waals surface area contributed by atoms with E-state index in [0.717, 1.165) is 5.56 Å². The van der Waals surface area contributed by atoms with E-state index in [-0.39, 0.29) is 28.5 Å². The summed E-state index contributed by atoms with van der Waals surface area (Å²) in [5.41, 5.74) is 1.80. The van der Waals surface area contributed by atoms with Gasteiger partial charge >= 0.3 is 0 Å². The second kappa shape index (κ2) is 13.0. The molecular formula is C30H23N3O5S. The van der Waals surface area contributed by atoms with Gasteiger partial charge in [0.05, 0.1) is 10.7 Å². The Hall–Kier alpha value is -5.02. The highest BCUT2D eigenvalue weighted by molar-refractivity contribution is 8.00. The number of rotatable bonds is 10. The number of benzene rings is 4. The molecule has 0 aliphatic heterocycles. The molecule has 0 aliphatic rings. The van der Waals surface area contributed by atoms with Crippen LogP contribution in [-0.2, 0) is 4.79 Å². The third kappa shape index (κ3) is 7.73. The van der Waals surface area contributed by atoms with Crippen LogP contribution < -0.4 is 10.6 Å². The number of nitro groups is 1. The number of thioether (sulfide) groups is 1. The van der Waals surface area contributed by atoms with Crippen LogP contribution >= 0.6 is 11.8 Å². The van der Waals surface area contributed by atoms with Gasteiger partial charge in [-0.1, -0.05) is 66.7 Å². The lowest BCUT2D eigenvalue weighted by atomic mass is 10.1. The van der Waals surface area contributed by atoms with E-state index in [1.807, 2.05) is 30.3 Å². The van der Waals surface area contributed by atoms with E-state index in [9.17, 15) is 24.5 Å². The van der Waals surface area contributed by atoms with E-state index in [0.29, 0.717) is 16.1 Å². The molecule has 0 unspecified atom stereocenters.